The highest BCUT2D eigenvalue weighted by atomic mass is 79.9. The summed E-state index contributed by atoms with van der Waals surface area (Å²) in [5, 5.41) is 14.9. The molecule has 1 saturated carbocycles. The molecular weight excluding hydrogens is 318 g/mol. The minimum Gasteiger partial charge on any atom is -0.459 e. The van der Waals surface area contributed by atoms with Crippen molar-refractivity contribution >= 4 is 26.9 Å². The first-order chi connectivity index (χ1) is 9.56. The highest BCUT2D eigenvalue weighted by Crippen LogP contribution is 2.30. The van der Waals surface area contributed by atoms with Crippen molar-refractivity contribution in [1.29, 1.82) is 0 Å². The first-order valence-corrected chi connectivity index (χ1v) is 8.00. The highest BCUT2D eigenvalue weighted by Gasteiger charge is 2.31. The van der Waals surface area contributed by atoms with Crippen LogP contribution in [0.1, 0.15) is 44.4 Å². The Balaban J connectivity index is 1.70. The minimum atomic E-state index is -0.525. The number of hydrogen-bond acceptors (Lipinski definition) is 3. The van der Waals surface area contributed by atoms with Crippen molar-refractivity contribution in [2.24, 2.45) is 0 Å². The van der Waals surface area contributed by atoms with E-state index in [0.29, 0.717) is 6.54 Å². The van der Waals surface area contributed by atoms with Gasteiger partial charge in [-0.25, -0.2) is 0 Å². The molecule has 1 aliphatic carbocycles. The maximum Gasteiger partial charge on any atom is 0.134 e. The van der Waals surface area contributed by atoms with Crippen molar-refractivity contribution in [3.63, 3.8) is 0 Å². The smallest absolute Gasteiger partial charge is 0.134 e. The Labute approximate surface area is 127 Å². The molecule has 20 heavy (non-hydrogen) atoms. The summed E-state index contributed by atoms with van der Waals surface area (Å²) in [6.45, 7) is 2.71. The molecule has 1 atom stereocenters. The lowest BCUT2D eigenvalue weighted by Crippen LogP contribution is -2.38. The zero-order chi connectivity index (χ0) is 14.2. The first-order valence-electron chi connectivity index (χ1n) is 7.21. The van der Waals surface area contributed by atoms with Gasteiger partial charge in [-0.1, -0.05) is 28.8 Å². The number of halogens is 1. The van der Waals surface area contributed by atoms with E-state index < -0.39 is 5.60 Å². The Morgan fingerprint density at radius 1 is 1.35 bits per heavy atom. The largest absolute Gasteiger partial charge is 0.459 e. The van der Waals surface area contributed by atoms with Gasteiger partial charge in [-0.3, -0.25) is 0 Å². The zero-order valence-electron chi connectivity index (χ0n) is 11.7. The molecule has 0 radical (unpaired) electrons. The molecule has 2 aromatic rings. The Morgan fingerprint density at radius 3 is 2.85 bits per heavy atom. The predicted molar refractivity (Wildman–Crippen MR) is 83.7 cm³/mol. The summed E-state index contributed by atoms with van der Waals surface area (Å²) >= 11 is 3.47. The third-order valence-electron chi connectivity index (χ3n) is 4.20. The van der Waals surface area contributed by atoms with Crippen molar-refractivity contribution in [3.8, 4) is 0 Å². The molecule has 1 fully saturated rings. The number of aliphatic hydroxyl groups is 1. The maximum atomic E-state index is 10.4. The van der Waals surface area contributed by atoms with Crippen LogP contribution < -0.4 is 5.32 Å². The van der Waals surface area contributed by atoms with Crippen LogP contribution in [-0.4, -0.2) is 17.3 Å². The van der Waals surface area contributed by atoms with Crippen molar-refractivity contribution in [2.75, 3.05) is 6.54 Å². The molecule has 0 aliphatic heterocycles. The van der Waals surface area contributed by atoms with Crippen LogP contribution in [0.4, 0.5) is 0 Å². The second kappa shape index (κ2) is 5.51. The molecule has 1 aromatic carbocycles. The molecule has 0 spiro atoms. The molecule has 1 heterocycles. The lowest BCUT2D eigenvalue weighted by molar-refractivity contribution is 0.0447. The Bertz CT molecular complexity index is 602. The summed E-state index contributed by atoms with van der Waals surface area (Å²) in [6.07, 6.45) is 4.07. The normalized spacial score (nSPS) is 19.6. The molecule has 108 valence electrons. The Kier molecular flexibility index (Phi) is 3.89. The lowest BCUT2D eigenvalue weighted by atomic mass is 10.0. The Hall–Kier alpha value is -0.840. The zero-order valence-corrected chi connectivity index (χ0v) is 13.2. The van der Waals surface area contributed by atoms with E-state index in [0.717, 1.165) is 46.9 Å². The maximum absolute atomic E-state index is 10.4. The van der Waals surface area contributed by atoms with E-state index in [1.54, 1.807) is 0 Å². The minimum absolute atomic E-state index is 0.103. The molecule has 0 amide bonds. The standard InChI is InChI=1S/C16H20BrNO2/c1-11(18-10-16(19)6-2-3-7-16)15-9-12-8-13(17)4-5-14(12)20-15/h4-5,8-9,11,18-19H,2-3,6-7,10H2,1H3. The number of nitrogens with one attached hydrogen (secondary N) is 1. The quantitative estimate of drug-likeness (QED) is 0.880. The van der Waals surface area contributed by atoms with Gasteiger partial charge in [0, 0.05) is 16.4 Å². The van der Waals surface area contributed by atoms with Gasteiger partial charge in [0.15, 0.2) is 0 Å². The number of furan rings is 1. The first kappa shape index (κ1) is 14.1. The summed E-state index contributed by atoms with van der Waals surface area (Å²) in [7, 11) is 0. The second-order valence-corrected chi connectivity index (χ2v) is 6.78. The molecule has 4 heteroatoms. The molecule has 0 bridgehead atoms. The third kappa shape index (κ3) is 2.92. The van der Waals surface area contributed by atoms with Gasteiger partial charge in [0.25, 0.3) is 0 Å². The summed E-state index contributed by atoms with van der Waals surface area (Å²) in [4.78, 5) is 0. The van der Waals surface area contributed by atoms with E-state index in [1.165, 1.54) is 0 Å². The van der Waals surface area contributed by atoms with Crippen molar-refractivity contribution in [3.05, 3.63) is 34.5 Å². The summed E-state index contributed by atoms with van der Waals surface area (Å²) in [6, 6.07) is 8.18. The van der Waals surface area contributed by atoms with Gasteiger partial charge in [-0.05, 0) is 44.0 Å². The van der Waals surface area contributed by atoms with Crippen molar-refractivity contribution in [2.45, 2.75) is 44.2 Å². The van der Waals surface area contributed by atoms with Crippen molar-refractivity contribution < 1.29 is 9.52 Å². The molecular formula is C16H20BrNO2. The topological polar surface area (TPSA) is 45.4 Å². The summed E-state index contributed by atoms with van der Waals surface area (Å²) in [5.74, 6) is 0.916. The lowest BCUT2D eigenvalue weighted by Gasteiger charge is -2.24. The number of rotatable bonds is 4. The highest BCUT2D eigenvalue weighted by molar-refractivity contribution is 9.10. The van der Waals surface area contributed by atoms with Gasteiger partial charge in [0.1, 0.15) is 11.3 Å². The van der Waals surface area contributed by atoms with E-state index >= 15 is 0 Å². The molecule has 3 nitrogen and oxygen atoms in total. The van der Waals surface area contributed by atoms with Crippen LogP contribution in [0.5, 0.6) is 0 Å². The van der Waals surface area contributed by atoms with E-state index in [-0.39, 0.29) is 6.04 Å². The SMILES string of the molecule is CC(NCC1(O)CCCC1)c1cc2cc(Br)ccc2o1. The predicted octanol–water partition coefficient (Wildman–Crippen LogP) is 4.15. The molecule has 1 aliphatic rings. The van der Waals surface area contributed by atoms with E-state index in [1.807, 2.05) is 12.1 Å². The molecule has 0 saturated heterocycles. The van der Waals surface area contributed by atoms with Gasteiger partial charge in [0.05, 0.1) is 11.6 Å². The fourth-order valence-corrected chi connectivity index (χ4v) is 3.28. The van der Waals surface area contributed by atoms with Gasteiger partial charge in [-0.2, -0.15) is 0 Å². The fourth-order valence-electron chi connectivity index (χ4n) is 2.90. The fraction of sp³-hybridized carbons (Fsp3) is 0.500. The van der Waals surface area contributed by atoms with Crippen molar-refractivity contribution in [1.82, 2.24) is 5.32 Å². The van der Waals surface area contributed by atoms with Crippen LogP contribution in [0.25, 0.3) is 11.0 Å². The third-order valence-corrected chi connectivity index (χ3v) is 4.69. The number of hydrogen-bond donors (Lipinski definition) is 2. The number of fused-ring (bicyclic) bond motifs is 1. The summed E-state index contributed by atoms with van der Waals surface area (Å²) in [5.41, 5.74) is 0.375. The van der Waals surface area contributed by atoms with Crippen LogP contribution in [0.3, 0.4) is 0 Å². The molecule has 1 aromatic heterocycles. The van der Waals surface area contributed by atoms with Gasteiger partial charge in [-0.15, -0.1) is 0 Å². The van der Waals surface area contributed by atoms with Crippen LogP contribution in [0, 0.1) is 0 Å². The average Bonchev–Trinajstić information content (AvgIpc) is 3.02. The average molecular weight is 338 g/mol. The molecule has 2 N–H and O–H groups in total. The monoisotopic (exact) mass is 337 g/mol. The van der Waals surface area contributed by atoms with Crippen LogP contribution >= 0.6 is 15.9 Å². The van der Waals surface area contributed by atoms with Crippen LogP contribution in [-0.2, 0) is 0 Å². The number of benzene rings is 1. The Morgan fingerprint density at radius 2 is 2.10 bits per heavy atom. The summed E-state index contributed by atoms with van der Waals surface area (Å²) < 4.78 is 6.92. The van der Waals surface area contributed by atoms with E-state index in [2.05, 4.69) is 40.3 Å². The van der Waals surface area contributed by atoms with E-state index in [4.69, 9.17) is 4.42 Å². The molecule has 3 rings (SSSR count). The van der Waals surface area contributed by atoms with Gasteiger partial charge >= 0.3 is 0 Å². The van der Waals surface area contributed by atoms with Gasteiger partial charge < -0.3 is 14.8 Å². The molecule has 1 unspecified atom stereocenters. The van der Waals surface area contributed by atoms with Crippen LogP contribution in [0.15, 0.2) is 33.2 Å². The van der Waals surface area contributed by atoms with E-state index in [9.17, 15) is 5.11 Å². The van der Waals surface area contributed by atoms with Gasteiger partial charge in [0.2, 0.25) is 0 Å². The van der Waals surface area contributed by atoms with Crippen LogP contribution in [0.2, 0.25) is 0 Å². The second-order valence-electron chi connectivity index (χ2n) is 5.86.